The van der Waals surface area contributed by atoms with Gasteiger partial charge in [-0.05, 0) is 42.5 Å². The lowest BCUT2D eigenvalue weighted by Crippen LogP contribution is -2.40. The Hall–Kier alpha value is -2.22. The summed E-state index contributed by atoms with van der Waals surface area (Å²) in [6.07, 6.45) is 0.792. The first-order valence-electron chi connectivity index (χ1n) is 10.3. The Kier molecular flexibility index (Phi) is 7.28. The quantitative estimate of drug-likeness (QED) is 0.729. The molecule has 1 aliphatic rings. The topological polar surface area (TPSA) is 75.7 Å². The predicted molar refractivity (Wildman–Crippen MR) is 117 cm³/mol. The average molecular weight is 431 g/mol. The van der Waals surface area contributed by atoms with Gasteiger partial charge in [0.2, 0.25) is 10.0 Å². The lowest BCUT2D eigenvalue weighted by Gasteiger charge is -2.26. The molecule has 7 heteroatoms. The predicted octanol–water partition coefficient (Wildman–Crippen LogP) is 3.53. The third-order valence-electron chi connectivity index (χ3n) is 5.28. The minimum atomic E-state index is -3.66. The molecule has 1 aliphatic heterocycles. The maximum atomic E-state index is 13.1. The Balaban J connectivity index is 1.87. The van der Waals surface area contributed by atoms with E-state index in [2.05, 4.69) is 19.2 Å². The van der Waals surface area contributed by atoms with Gasteiger partial charge in [0.25, 0.3) is 5.91 Å². The van der Waals surface area contributed by atoms with E-state index in [1.807, 2.05) is 37.3 Å². The molecule has 162 valence electrons. The molecular weight excluding hydrogens is 400 g/mol. The highest BCUT2D eigenvalue weighted by Crippen LogP contribution is 2.24. The Bertz CT molecular complexity index is 968. The number of morpholine rings is 1. The summed E-state index contributed by atoms with van der Waals surface area (Å²) < 4.78 is 32.7. The Morgan fingerprint density at radius 3 is 2.40 bits per heavy atom. The summed E-state index contributed by atoms with van der Waals surface area (Å²) >= 11 is 0. The number of carbonyl (C=O) groups excluding carboxylic acids is 1. The summed E-state index contributed by atoms with van der Waals surface area (Å²) in [4.78, 5) is 13.3. The summed E-state index contributed by atoms with van der Waals surface area (Å²) in [5, 5.41) is 3.11. The number of sulfonamides is 1. The summed E-state index contributed by atoms with van der Waals surface area (Å²) in [6.45, 7) is 7.45. The standard InChI is InChI=1S/C23H30N2O4S/c1-17(2)15-22(19-7-5-4-6-8-19)24-23(26)21-16-20(10-9-18(21)3)30(27,28)25-11-13-29-14-12-25/h4-10,16-17,22H,11-15H2,1-3H3,(H,24,26). The summed E-state index contributed by atoms with van der Waals surface area (Å²) in [5.41, 5.74) is 2.16. The Morgan fingerprint density at radius 1 is 1.10 bits per heavy atom. The van der Waals surface area contributed by atoms with Gasteiger partial charge in [0, 0.05) is 18.7 Å². The van der Waals surface area contributed by atoms with Gasteiger partial charge >= 0.3 is 0 Å². The zero-order valence-corrected chi connectivity index (χ0v) is 18.6. The van der Waals surface area contributed by atoms with Crippen LogP contribution in [0.4, 0.5) is 0 Å². The van der Waals surface area contributed by atoms with E-state index in [-0.39, 0.29) is 16.8 Å². The largest absolute Gasteiger partial charge is 0.379 e. The fourth-order valence-electron chi connectivity index (χ4n) is 3.61. The number of hydrogen-bond donors (Lipinski definition) is 1. The first kappa shape index (κ1) is 22.5. The first-order valence-corrected chi connectivity index (χ1v) is 11.8. The number of ether oxygens (including phenoxy) is 1. The van der Waals surface area contributed by atoms with Crippen LogP contribution in [-0.4, -0.2) is 44.9 Å². The third-order valence-corrected chi connectivity index (χ3v) is 7.17. The molecule has 0 bridgehead atoms. The number of hydrogen-bond acceptors (Lipinski definition) is 4. The van der Waals surface area contributed by atoms with Crippen LogP contribution < -0.4 is 5.32 Å². The van der Waals surface area contributed by atoms with Gasteiger partial charge in [-0.1, -0.05) is 50.2 Å². The molecule has 1 atom stereocenters. The van der Waals surface area contributed by atoms with Crippen molar-refractivity contribution in [3.63, 3.8) is 0 Å². The van der Waals surface area contributed by atoms with Crippen LogP contribution in [0.15, 0.2) is 53.4 Å². The number of amides is 1. The van der Waals surface area contributed by atoms with Gasteiger partial charge in [-0.3, -0.25) is 4.79 Å². The van der Waals surface area contributed by atoms with Crippen molar-refractivity contribution in [3.8, 4) is 0 Å². The zero-order valence-electron chi connectivity index (χ0n) is 17.8. The van der Waals surface area contributed by atoms with E-state index >= 15 is 0 Å². The third kappa shape index (κ3) is 5.28. The number of benzene rings is 2. The molecule has 1 fully saturated rings. The fraction of sp³-hybridized carbons (Fsp3) is 0.435. The molecule has 0 radical (unpaired) electrons. The van der Waals surface area contributed by atoms with Crippen molar-refractivity contribution in [1.29, 1.82) is 0 Å². The number of rotatable bonds is 7. The summed E-state index contributed by atoms with van der Waals surface area (Å²) in [5.74, 6) is 0.130. The van der Waals surface area contributed by atoms with Gasteiger partial charge in [0.05, 0.1) is 24.2 Å². The van der Waals surface area contributed by atoms with Crippen molar-refractivity contribution < 1.29 is 17.9 Å². The molecule has 2 aromatic rings. The van der Waals surface area contributed by atoms with E-state index < -0.39 is 10.0 Å². The minimum absolute atomic E-state index is 0.139. The lowest BCUT2D eigenvalue weighted by molar-refractivity contribution is 0.0730. The molecule has 2 aromatic carbocycles. The van der Waals surface area contributed by atoms with E-state index in [9.17, 15) is 13.2 Å². The zero-order chi connectivity index (χ0) is 21.7. The first-order chi connectivity index (χ1) is 14.3. The van der Waals surface area contributed by atoms with Crippen molar-refractivity contribution in [2.24, 2.45) is 5.92 Å². The van der Waals surface area contributed by atoms with Crippen molar-refractivity contribution in [3.05, 3.63) is 65.2 Å². The average Bonchev–Trinajstić information content (AvgIpc) is 2.74. The highest BCUT2D eigenvalue weighted by atomic mass is 32.2. The highest BCUT2D eigenvalue weighted by molar-refractivity contribution is 7.89. The molecule has 1 heterocycles. The molecule has 6 nitrogen and oxygen atoms in total. The number of carbonyl (C=O) groups is 1. The second-order valence-electron chi connectivity index (χ2n) is 8.06. The molecule has 0 saturated carbocycles. The van der Waals surface area contributed by atoms with E-state index in [0.717, 1.165) is 17.5 Å². The monoisotopic (exact) mass is 430 g/mol. The van der Waals surface area contributed by atoms with Crippen LogP contribution in [0.25, 0.3) is 0 Å². The van der Waals surface area contributed by atoms with Gasteiger partial charge in [-0.15, -0.1) is 0 Å². The van der Waals surface area contributed by atoms with Gasteiger partial charge in [-0.2, -0.15) is 4.31 Å². The summed E-state index contributed by atoms with van der Waals surface area (Å²) in [7, 11) is -3.66. The fourth-order valence-corrected chi connectivity index (χ4v) is 5.05. The van der Waals surface area contributed by atoms with Crippen LogP contribution in [0.1, 0.15) is 47.8 Å². The highest BCUT2D eigenvalue weighted by Gasteiger charge is 2.28. The molecule has 30 heavy (non-hydrogen) atoms. The molecule has 0 aromatic heterocycles. The normalized spacial score (nSPS) is 16.4. The molecule has 0 aliphatic carbocycles. The van der Waals surface area contributed by atoms with Crippen molar-refractivity contribution >= 4 is 15.9 Å². The van der Waals surface area contributed by atoms with Gasteiger partial charge in [0.15, 0.2) is 0 Å². The molecule has 1 amide bonds. The summed E-state index contributed by atoms with van der Waals surface area (Å²) in [6, 6.07) is 14.5. The minimum Gasteiger partial charge on any atom is -0.379 e. The second-order valence-corrected chi connectivity index (χ2v) is 10.00. The van der Waals surface area contributed by atoms with Crippen LogP contribution in [-0.2, 0) is 14.8 Å². The maximum Gasteiger partial charge on any atom is 0.252 e. The lowest BCUT2D eigenvalue weighted by atomic mass is 9.96. The SMILES string of the molecule is Cc1ccc(S(=O)(=O)N2CCOCC2)cc1C(=O)NC(CC(C)C)c1ccccc1. The Morgan fingerprint density at radius 2 is 1.77 bits per heavy atom. The van der Waals surface area contributed by atoms with E-state index in [1.165, 1.54) is 10.4 Å². The number of nitrogens with zero attached hydrogens (tertiary/aromatic N) is 1. The molecule has 1 unspecified atom stereocenters. The van der Waals surface area contributed by atoms with Gasteiger partial charge in [-0.25, -0.2) is 8.42 Å². The number of nitrogens with one attached hydrogen (secondary N) is 1. The van der Waals surface area contributed by atoms with Crippen molar-refractivity contribution in [1.82, 2.24) is 9.62 Å². The molecule has 1 saturated heterocycles. The maximum absolute atomic E-state index is 13.1. The van der Waals surface area contributed by atoms with Crippen LogP contribution in [0.2, 0.25) is 0 Å². The van der Waals surface area contributed by atoms with Crippen molar-refractivity contribution in [2.45, 2.75) is 38.1 Å². The second kappa shape index (κ2) is 9.73. The molecule has 0 spiro atoms. The van der Waals surface area contributed by atoms with Crippen LogP contribution in [0, 0.1) is 12.8 Å². The molecule has 1 N–H and O–H groups in total. The van der Waals surface area contributed by atoms with E-state index in [1.54, 1.807) is 12.1 Å². The van der Waals surface area contributed by atoms with E-state index in [4.69, 9.17) is 4.74 Å². The molecular formula is C23H30N2O4S. The molecule has 3 rings (SSSR count). The van der Waals surface area contributed by atoms with Gasteiger partial charge < -0.3 is 10.1 Å². The van der Waals surface area contributed by atoms with Gasteiger partial charge in [0.1, 0.15) is 0 Å². The van der Waals surface area contributed by atoms with Crippen LogP contribution >= 0.6 is 0 Å². The van der Waals surface area contributed by atoms with Crippen LogP contribution in [0.3, 0.4) is 0 Å². The van der Waals surface area contributed by atoms with Crippen molar-refractivity contribution in [2.75, 3.05) is 26.3 Å². The van der Waals surface area contributed by atoms with E-state index in [0.29, 0.717) is 37.8 Å². The Labute approximate surface area is 179 Å². The smallest absolute Gasteiger partial charge is 0.252 e. The number of aryl methyl sites for hydroxylation is 1. The van der Waals surface area contributed by atoms with Crippen LogP contribution in [0.5, 0.6) is 0 Å².